The van der Waals surface area contributed by atoms with Crippen molar-refractivity contribution in [2.24, 2.45) is 11.8 Å². The molecule has 2 rings (SSSR count). The second-order valence-corrected chi connectivity index (χ2v) is 6.42. The molecule has 0 radical (unpaired) electrons. The van der Waals surface area contributed by atoms with E-state index >= 15 is 0 Å². The van der Waals surface area contributed by atoms with E-state index in [1.807, 2.05) is 0 Å². The van der Waals surface area contributed by atoms with Crippen LogP contribution in [-0.4, -0.2) is 6.54 Å². The molecule has 1 saturated carbocycles. The lowest BCUT2D eigenvalue weighted by molar-refractivity contribution is 0.348. The molecule has 0 spiro atoms. The first-order valence-electron chi connectivity index (χ1n) is 7.85. The third-order valence-electron chi connectivity index (χ3n) is 4.72. The van der Waals surface area contributed by atoms with Crippen molar-refractivity contribution in [3.05, 3.63) is 34.4 Å². The van der Waals surface area contributed by atoms with Crippen LogP contribution in [0.25, 0.3) is 0 Å². The van der Waals surface area contributed by atoms with E-state index in [1.165, 1.54) is 41.5 Å². The Morgan fingerprint density at radius 2 is 1.74 bits per heavy atom. The van der Waals surface area contributed by atoms with Gasteiger partial charge in [0.05, 0.1) is 0 Å². The Bertz CT molecular complexity index is 432. The minimum atomic E-state index is 0.534. The number of benzene rings is 1. The Kier molecular flexibility index (Phi) is 4.67. The average molecular weight is 259 g/mol. The van der Waals surface area contributed by atoms with E-state index in [0.717, 1.165) is 18.4 Å². The lowest BCUT2D eigenvalue weighted by atomic mass is 9.86. The molecule has 0 bridgehead atoms. The van der Waals surface area contributed by atoms with Crippen molar-refractivity contribution >= 4 is 0 Å². The molecule has 0 heterocycles. The van der Waals surface area contributed by atoms with Crippen molar-refractivity contribution in [3.8, 4) is 0 Å². The summed E-state index contributed by atoms with van der Waals surface area (Å²) >= 11 is 0. The second kappa shape index (κ2) is 6.09. The maximum atomic E-state index is 3.79. The van der Waals surface area contributed by atoms with E-state index in [2.05, 4.69) is 52.1 Å². The van der Waals surface area contributed by atoms with E-state index in [1.54, 1.807) is 0 Å². The standard InChI is InChI=1S/C18H29N/c1-6-9-19-18(15(5)16-7-8-16)17-11-13(3)12(2)10-14(17)4/h10-11,15-16,18-19H,6-9H2,1-5H3. The predicted octanol–water partition coefficient (Wildman–Crippen LogP) is 4.70. The summed E-state index contributed by atoms with van der Waals surface area (Å²) in [5.74, 6) is 1.70. The molecule has 1 aliphatic rings. The molecule has 106 valence electrons. The minimum absolute atomic E-state index is 0.534. The number of nitrogens with one attached hydrogen (secondary N) is 1. The van der Waals surface area contributed by atoms with Crippen LogP contribution in [0.5, 0.6) is 0 Å². The molecular weight excluding hydrogens is 230 g/mol. The molecule has 0 saturated heterocycles. The van der Waals surface area contributed by atoms with Gasteiger partial charge in [0.2, 0.25) is 0 Å². The molecule has 19 heavy (non-hydrogen) atoms. The Morgan fingerprint density at radius 3 is 2.32 bits per heavy atom. The Balaban J connectivity index is 2.28. The largest absolute Gasteiger partial charge is 0.310 e. The van der Waals surface area contributed by atoms with Gasteiger partial charge in [0.25, 0.3) is 0 Å². The first kappa shape index (κ1) is 14.6. The van der Waals surface area contributed by atoms with Crippen molar-refractivity contribution in [1.82, 2.24) is 5.32 Å². The summed E-state index contributed by atoms with van der Waals surface area (Å²) in [5, 5.41) is 3.79. The molecule has 0 aliphatic heterocycles. The quantitative estimate of drug-likeness (QED) is 0.781. The maximum absolute atomic E-state index is 3.79. The van der Waals surface area contributed by atoms with Crippen LogP contribution in [0.2, 0.25) is 0 Å². The second-order valence-electron chi connectivity index (χ2n) is 6.42. The van der Waals surface area contributed by atoms with Gasteiger partial charge in [-0.25, -0.2) is 0 Å². The molecule has 1 nitrogen and oxygen atoms in total. The first-order chi connectivity index (χ1) is 9.04. The summed E-state index contributed by atoms with van der Waals surface area (Å²) in [6.07, 6.45) is 4.06. The van der Waals surface area contributed by atoms with Gasteiger partial charge in [0.15, 0.2) is 0 Å². The van der Waals surface area contributed by atoms with Gasteiger partial charge in [0.1, 0.15) is 0 Å². The molecule has 1 aromatic carbocycles. The van der Waals surface area contributed by atoms with Crippen LogP contribution in [0.1, 0.15) is 61.4 Å². The molecule has 2 atom stereocenters. The molecule has 2 unspecified atom stereocenters. The van der Waals surface area contributed by atoms with Crippen molar-refractivity contribution < 1.29 is 0 Å². The fourth-order valence-corrected chi connectivity index (χ4v) is 3.09. The Hall–Kier alpha value is -0.820. The van der Waals surface area contributed by atoms with Gasteiger partial charge < -0.3 is 5.32 Å². The van der Waals surface area contributed by atoms with Gasteiger partial charge in [0, 0.05) is 6.04 Å². The fourth-order valence-electron chi connectivity index (χ4n) is 3.09. The third-order valence-corrected chi connectivity index (χ3v) is 4.72. The summed E-state index contributed by atoms with van der Waals surface area (Å²) in [7, 11) is 0. The number of hydrogen-bond donors (Lipinski definition) is 1. The smallest absolute Gasteiger partial charge is 0.0351 e. The van der Waals surface area contributed by atoms with Crippen LogP contribution >= 0.6 is 0 Å². The summed E-state index contributed by atoms with van der Waals surface area (Å²) in [4.78, 5) is 0. The fraction of sp³-hybridized carbons (Fsp3) is 0.667. The molecular formula is C18H29N. The van der Waals surface area contributed by atoms with Crippen molar-refractivity contribution in [1.29, 1.82) is 0 Å². The van der Waals surface area contributed by atoms with Gasteiger partial charge in [-0.2, -0.15) is 0 Å². The average Bonchev–Trinajstić information content (AvgIpc) is 3.19. The zero-order valence-corrected chi connectivity index (χ0v) is 13.2. The highest BCUT2D eigenvalue weighted by Gasteiger charge is 2.34. The van der Waals surface area contributed by atoms with Gasteiger partial charge in [-0.1, -0.05) is 26.0 Å². The number of aryl methyl sites for hydroxylation is 3. The van der Waals surface area contributed by atoms with Crippen molar-refractivity contribution in [2.75, 3.05) is 6.54 Å². The zero-order valence-electron chi connectivity index (χ0n) is 13.2. The SMILES string of the molecule is CCCNC(c1cc(C)c(C)cc1C)C(C)C1CC1. The van der Waals surface area contributed by atoms with Gasteiger partial charge >= 0.3 is 0 Å². The molecule has 1 fully saturated rings. The molecule has 0 amide bonds. The van der Waals surface area contributed by atoms with Crippen LogP contribution in [0.15, 0.2) is 12.1 Å². The summed E-state index contributed by atoms with van der Waals surface area (Å²) in [6, 6.07) is 5.30. The highest BCUT2D eigenvalue weighted by atomic mass is 14.9. The minimum Gasteiger partial charge on any atom is -0.310 e. The predicted molar refractivity (Wildman–Crippen MR) is 83.6 cm³/mol. The number of hydrogen-bond acceptors (Lipinski definition) is 1. The molecule has 1 heteroatoms. The Morgan fingerprint density at radius 1 is 1.11 bits per heavy atom. The van der Waals surface area contributed by atoms with E-state index in [4.69, 9.17) is 0 Å². The van der Waals surface area contributed by atoms with E-state index < -0.39 is 0 Å². The van der Waals surface area contributed by atoms with Crippen LogP contribution in [0, 0.1) is 32.6 Å². The normalized spacial score (nSPS) is 18.4. The highest BCUT2D eigenvalue weighted by molar-refractivity contribution is 5.38. The van der Waals surface area contributed by atoms with Gasteiger partial charge in [-0.05, 0) is 80.7 Å². The topological polar surface area (TPSA) is 12.0 Å². The van der Waals surface area contributed by atoms with Crippen LogP contribution in [-0.2, 0) is 0 Å². The third kappa shape index (κ3) is 3.39. The molecule has 1 N–H and O–H groups in total. The van der Waals surface area contributed by atoms with Crippen LogP contribution < -0.4 is 5.32 Å². The summed E-state index contributed by atoms with van der Waals surface area (Å²) < 4.78 is 0. The number of rotatable bonds is 6. The Labute approximate surface area is 118 Å². The van der Waals surface area contributed by atoms with Gasteiger partial charge in [-0.3, -0.25) is 0 Å². The summed E-state index contributed by atoms with van der Waals surface area (Å²) in [5.41, 5.74) is 5.81. The molecule has 1 aromatic rings. The van der Waals surface area contributed by atoms with Gasteiger partial charge in [-0.15, -0.1) is 0 Å². The van der Waals surface area contributed by atoms with Crippen LogP contribution in [0.4, 0.5) is 0 Å². The molecule has 1 aliphatic carbocycles. The monoisotopic (exact) mass is 259 g/mol. The van der Waals surface area contributed by atoms with E-state index in [9.17, 15) is 0 Å². The zero-order chi connectivity index (χ0) is 14.0. The lowest BCUT2D eigenvalue weighted by Crippen LogP contribution is -2.29. The van der Waals surface area contributed by atoms with Crippen molar-refractivity contribution in [3.63, 3.8) is 0 Å². The molecule has 0 aromatic heterocycles. The first-order valence-corrected chi connectivity index (χ1v) is 7.85. The summed E-state index contributed by atoms with van der Waals surface area (Å²) in [6.45, 7) is 12.5. The van der Waals surface area contributed by atoms with E-state index in [0.29, 0.717) is 6.04 Å². The highest BCUT2D eigenvalue weighted by Crippen LogP contribution is 2.43. The maximum Gasteiger partial charge on any atom is 0.0351 e. The van der Waals surface area contributed by atoms with E-state index in [-0.39, 0.29) is 0 Å². The van der Waals surface area contributed by atoms with Crippen molar-refractivity contribution in [2.45, 2.75) is 59.9 Å². The van der Waals surface area contributed by atoms with Crippen LogP contribution in [0.3, 0.4) is 0 Å². The lowest BCUT2D eigenvalue weighted by Gasteiger charge is -2.28.